The van der Waals surface area contributed by atoms with Gasteiger partial charge in [-0.05, 0) is 48.7 Å². The first-order chi connectivity index (χ1) is 12.1. The molecule has 2 aliphatic rings. The zero-order valence-electron chi connectivity index (χ0n) is 13.8. The number of carbonyl (C=O) groups excluding carboxylic acids is 1. The Kier molecular flexibility index (Phi) is 4.36. The first-order valence-electron chi connectivity index (χ1n) is 8.28. The summed E-state index contributed by atoms with van der Waals surface area (Å²) in [6.07, 6.45) is 1.76. The molecule has 2 aliphatic heterocycles. The molecule has 2 saturated heterocycles. The molecule has 0 aromatic heterocycles. The highest BCUT2D eigenvalue weighted by Gasteiger charge is 2.49. The Morgan fingerprint density at radius 1 is 1.12 bits per heavy atom. The van der Waals surface area contributed by atoms with E-state index in [1.807, 2.05) is 35.2 Å². The van der Waals surface area contributed by atoms with E-state index >= 15 is 0 Å². The fraction of sp³-hybridized carbons (Fsp3) is 0.316. The van der Waals surface area contributed by atoms with E-state index in [1.54, 1.807) is 19.2 Å². The second-order valence-corrected chi connectivity index (χ2v) is 7.17. The molecular weight excluding hydrogens is 359 g/mol. The van der Waals surface area contributed by atoms with Crippen molar-refractivity contribution in [2.45, 2.75) is 25.0 Å². The van der Waals surface area contributed by atoms with Crippen LogP contribution in [-0.4, -0.2) is 30.5 Å². The summed E-state index contributed by atoms with van der Waals surface area (Å²) < 4.78 is 5.37. The van der Waals surface area contributed by atoms with Gasteiger partial charge < -0.3 is 4.74 Å². The van der Waals surface area contributed by atoms with Crippen molar-refractivity contribution in [3.63, 3.8) is 0 Å². The first-order valence-corrected chi connectivity index (χ1v) is 9.03. The van der Waals surface area contributed by atoms with E-state index in [9.17, 15) is 4.79 Å². The molecule has 25 heavy (non-hydrogen) atoms. The molecule has 0 spiro atoms. The lowest BCUT2D eigenvalue weighted by molar-refractivity contribution is -0.119. The van der Waals surface area contributed by atoms with Crippen LogP contribution in [0, 0.1) is 0 Å². The van der Waals surface area contributed by atoms with E-state index in [2.05, 4.69) is 4.90 Å². The minimum atomic E-state index is -0.160. The Bertz CT molecular complexity index is 827. The molecule has 2 aromatic carbocycles. The smallest absolute Gasteiger partial charge is 0.246 e. The molecule has 2 aromatic rings. The molecule has 2 atom stereocenters. The Balaban J connectivity index is 1.81. The number of fused-ring (bicyclic) bond motifs is 1. The van der Waals surface area contributed by atoms with E-state index in [1.165, 1.54) is 0 Å². The van der Waals surface area contributed by atoms with Crippen LogP contribution in [0.1, 0.15) is 24.6 Å². The lowest BCUT2D eigenvalue weighted by Crippen LogP contribution is -2.32. The van der Waals surface area contributed by atoms with Gasteiger partial charge in [0, 0.05) is 12.2 Å². The molecule has 0 saturated carbocycles. The van der Waals surface area contributed by atoms with Crippen molar-refractivity contribution in [3.8, 4) is 5.75 Å². The number of methoxy groups -OCH3 is 1. The topological polar surface area (TPSA) is 32.8 Å². The molecule has 4 nitrogen and oxygen atoms in total. The van der Waals surface area contributed by atoms with E-state index in [0.29, 0.717) is 10.0 Å². The monoisotopic (exact) mass is 376 g/mol. The van der Waals surface area contributed by atoms with Gasteiger partial charge in [-0.25, -0.2) is 0 Å². The molecule has 0 bridgehead atoms. The zero-order chi connectivity index (χ0) is 17.6. The maximum atomic E-state index is 13.1. The Morgan fingerprint density at radius 3 is 2.72 bits per heavy atom. The lowest BCUT2D eigenvalue weighted by atomic mass is 10.1. The predicted octanol–water partition coefficient (Wildman–Crippen LogP) is 4.51. The quantitative estimate of drug-likeness (QED) is 0.789. The summed E-state index contributed by atoms with van der Waals surface area (Å²) in [7, 11) is 1.65. The summed E-state index contributed by atoms with van der Waals surface area (Å²) in [5.74, 6) is 0.894. The second-order valence-electron chi connectivity index (χ2n) is 6.35. The number of anilines is 1. The highest BCUT2D eigenvalue weighted by atomic mass is 35.5. The zero-order valence-corrected chi connectivity index (χ0v) is 15.3. The maximum absolute atomic E-state index is 13.1. The molecule has 0 unspecified atom stereocenters. The summed E-state index contributed by atoms with van der Waals surface area (Å²) in [5.41, 5.74) is 1.80. The summed E-state index contributed by atoms with van der Waals surface area (Å²) in [4.78, 5) is 17.2. The molecule has 4 rings (SSSR count). The van der Waals surface area contributed by atoms with Crippen molar-refractivity contribution in [1.82, 2.24) is 4.90 Å². The Hall–Kier alpha value is -1.75. The largest absolute Gasteiger partial charge is 0.497 e. The third-order valence-electron chi connectivity index (χ3n) is 4.95. The summed E-state index contributed by atoms with van der Waals surface area (Å²) >= 11 is 12.2. The normalized spacial score (nSPS) is 23.2. The highest BCUT2D eigenvalue weighted by molar-refractivity contribution is 6.42. The lowest BCUT2D eigenvalue weighted by Gasteiger charge is -2.30. The van der Waals surface area contributed by atoms with Crippen LogP contribution < -0.4 is 9.64 Å². The first kappa shape index (κ1) is 16.7. The number of carbonyl (C=O) groups is 1. The minimum Gasteiger partial charge on any atom is -0.497 e. The van der Waals surface area contributed by atoms with E-state index in [4.69, 9.17) is 27.9 Å². The van der Waals surface area contributed by atoms with Crippen molar-refractivity contribution < 1.29 is 9.53 Å². The number of benzene rings is 2. The molecule has 0 N–H and O–H groups in total. The molecule has 130 valence electrons. The van der Waals surface area contributed by atoms with Crippen molar-refractivity contribution in [3.05, 3.63) is 58.1 Å². The maximum Gasteiger partial charge on any atom is 0.246 e. The van der Waals surface area contributed by atoms with Crippen LogP contribution >= 0.6 is 23.2 Å². The Labute approximate surface area is 156 Å². The van der Waals surface area contributed by atoms with Crippen LogP contribution in [0.15, 0.2) is 42.5 Å². The van der Waals surface area contributed by atoms with Crippen molar-refractivity contribution >= 4 is 34.8 Å². The number of hydrogen-bond donors (Lipinski definition) is 0. The Morgan fingerprint density at radius 2 is 1.96 bits per heavy atom. The SMILES string of the molecule is COc1cccc([C@H]2N(c3ccc(Cl)c(Cl)c3)C(=O)[C@@H]3CCCN32)c1. The average Bonchev–Trinajstić information content (AvgIpc) is 3.20. The van der Waals surface area contributed by atoms with Gasteiger partial charge in [-0.1, -0.05) is 35.3 Å². The summed E-state index contributed by atoms with van der Waals surface area (Å²) in [6.45, 7) is 0.899. The van der Waals surface area contributed by atoms with Crippen LogP contribution in [0.25, 0.3) is 0 Å². The van der Waals surface area contributed by atoms with E-state index in [0.717, 1.165) is 36.4 Å². The second kappa shape index (κ2) is 6.52. The number of ether oxygens (including phenoxy) is 1. The van der Waals surface area contributed by atoms with Crippen LogP contribution in [0.2, 0.25) is 10.0 Å². The van der Waals surface area contributed by atoms with Crippen molar-refractivity contribution in [2.75, 3.05) is 18.6 Å². The van der Waals surface area contributed by atoms with Gasteiger partial charge in [0.1, 0.15) is 11.9 Å². The van der Waals surface area contributed by atoms with Gasteiger partial charge >= 0.3 is 0 Å². The molecule has 0 aliphatic carbocycles. The van der Waals surface area contributed by atoms with Crippen molar-refractivity contribution in [2.24, 2.45) is 0 Å². The third-order valence-corrected chi connectivity index (χ3v) is 5.69. The summed E-state index contributed by atoms with van der Waals surface area (Å²) in [6, 6.07) is 13.2. The summed E-state index contributed by atoms with van der Waals surface area (Å²) in [5, 5.41) is 0.930. The van der Waals surface area contributed by atoms with Crippen LogP contribution in [-0.2, 0) is 4.79 Å². The number of halogens is 2. The number of rotatable bonds is 3. The van der Waals surface area contributed by atoms with Gasteiger partial charge in [0.2, 0.25) is 5.91 Å². The molecular formula is C19H18Cl2N2O2. The standard InChI is InChI=1S/C19H18Cl2N2O2/c1-25-14-5-2-4-12(10-14)18-22-9-3-6-17(22)19(24)23(18)13-7-8-15(20)16(21)11-13/h2,4-5,7-8,10-11,17-18H,3,6,9H2,1H3/t17-,18+/m0/s1. The number of hydrogen-bond acceptors (Lipinski definition) is 3. The van der Waals surface area contributed by atoms with Crippen molar-refractivity contribution in [1.29, 1.82) is 0 Å². The molecule has 1 amide bonds. The van der Waals surface area contributed by atoms with E-state index < -0.39 is 0 Å². The van der Waals surface area contributed by atoms with Gasteiger partial charge in [0.15, 0.2) is 0 Å². The van der Waals surface area contributed by atoms with Gasteiger partial charge in [0.25, 0.3) is 0 Å². The average molecular weight is 377 g/mol. The molecule has 2 heterocycles. The molecule has 6 heteroatoms. The fourth-order valence-corrected chi connectivity index (χ4v) is 4.11. The number of nitrogens with zero attached hydrogens (tertiary/aromatic N) is 2. The molecule has 0 radical (unpaired) electrons. The van der Waals surface area contributed by atoms with Gasteiger partial charge in [-0.15, -0.1) is 0 Å². The van der Waals surface area contributed by atoms with Gasteiger partial charge in [-0.3, -0.25) is 14.6 Å². The number of amides is 1. The fourth-order valence-electron chi connectivity index (χ4n) is 3.82. The van der Waals surface area contributed by atoms with Gasteiger partial charge in [0.05, 0.1) is 23.2 Å². The molecule has 2 fully saturated rings. The van der Waals surface area contributed by atoms with Crippen LogP contribution in [0.5, 0.6) is 5.75 Å². The van der Waals surface area contributed by atoms with E-state index in [-0.39, 0.29) is 18.1 Å². The van der Waals surface area contributed by atoms with Gasteiger partial charge in [-0.2, -0.15) is 0 Å². The highest BCUT2D eigenvalue weighted by Crippen LogP contribution is 2.43. The third kappa shape index (κ3) is 2.78. The van der Waals surface area contributed by atoms with Crippen LogP contribution in [0.3, 0.4) is 0 Å². The minimum absolute atomic E-state index is 0.0781. The van der Waals surface area contributed by atoms with Crippen LogP contribution in [0.4, 0.5) is 5.69 Å². The predicted molar refractivity (Wildman–Crippen MR) is 99.4 cm³/mol.